The molecule has 0 aromatic heterocycles. The van der Waals surface area contributed by atoms with Gasteiger partial charge in [-0.15, -0.1) is 0 Å². The fourth-order valence-corrected chi connectivity index (χ4v) is 2.16. The van der Waals surface area contributed by atoms with E-state index in [4.69, 9.17) is 0 Å². The normalized spacial score (nSPS) is 7.86. The van der Waals surface area contributed by atoms with Crippen LogP contribution in [0.2, 0.25) is 5.79 Å². The lowest BCUT2D eigenvalue weighted by molar-refractivity contribution is -0.117. The van der Waals surface area contributed by atoms with E-state index in [0.717, 1.165) is 0 Å². The van der Waals surface area contributed by atoms with Crippen LogP contribution in [0, 0.1) is 0 Å². The highest BCUT2D eigenvalue weighted by Crippen LogP contribution is 1.85. The van der Waals surface area contributed by atoms with Crippen LogP contribution in [0.15, 0.2) is 0 Å². The smallest absolute Gasteiger partial charge is 0.438 e. The quantitative estimate of drug-likeness (QED) is 0.517. The fourth-order valence-electron chi connectivity index (χ4n) is 0.280. The van der Waals surface area contributed by atoms with Crippen molar-refractivity contribution in [1.82, 2.24) is 4.30 Å². The van der Waals surface area contributed by atoms with Crippen LogP contribution in [0.25, 0.3) is 0 Å². The molecule has 0 rings (SSSR count). The van der Waals surface area contributed by atoms with Crippen molar-refractivity contribution >= 4 is 37.3 Å². The number of amides is 1. The van der Waals surface area contributed by atoms with Crippen LogP contribution in [-0.2, 0) is 4.79 Å². The molecule has 7 heavy (non-hydrogen) atoms. The summed E-state index contributed by atoms with van der Waals surface area (Å²) in [7, 11) is 0. The largest absolute Gasteiger partial charge is 0.499 e. The zero-order chi connectivity index (χ0) is 5.86. The molecule has 0 fully saturated rings. The Bertz CT molecular complexity index is 75.3. The molecule has 0 bridgehead atoms. The predicted octanol–water partition coefficient (Wildman–Crippen LogP) is 0.676. The van der Waals surface area contributed by atoms with Gasteiger partial charge in [0.05, 0.1) is 0 Å². The molecule has 0 saturated heterocycles. The molecular weight excluding hydrogens is 220 g/mol. The molecule has 0 aromatic rings. The second-order valence-electron chi connectivity index (χ2n) is 1.32. The van der Waals surface area contributed by atoms with Crippen LogP contribution in [0.5, 0.6) is 0 Å². The third-order valence-electron chi connectivity index (χ3n) is 0.402. The lowest BCUT2D eigenvalue weighted by atomic mass is 10.8. The summed E-state index contributed by atoms with van der Waals surface area (Å²) in [6, 6.07) is 0. The Morgan fingerprint density at radius 1 is 1.86 bits per heavy atom. The van der Waals surface area contributed by atoms with E-state index >= 15 is 0 Å². The molecule has 0 atom stereocenters. The molecule has 1 N–H and O–H groups in total. The molecule has 0 unspecified atom stereocenters. The standard InChI is InChI=1S/C2H5NO.CH3.Al.HI/c1-2(3)4;;;/h1H3,(H2,3,4);1H3;;1H/q;;+2;/p-2. The SMILES string of the molecule is CC(=O)[NH][Al]([CH3])[I]. The molecule has 0 aliphatic heterocycles. The highest BCUT2D eigenvalue weighted by atomic mass is 127. The maximum Gasteiger partial charge on any atom is 0.499 e. The molecule has 0 aliphatic carbocycles. The van der Waals surface area contributed by atoms with Crippen molar-refractivity contribution in [3.05, 3.63) is 0 Å². The van der Waals surface area contributed by atoms with Crippen molar-refractivity contribution in [1.29, 1.82) is 0 Å². The zero-order valence-electron chi connectivity index (χ0n) is 4.36. The van der Waals surface area contributed by atoms with Crippen molar-refractivity contribution < 1.29 is 4.79 Å². The Morgan fingerprint density at radius 2 is 2.29 bits per heavy atom. The van der Waals surface area contributed by atoms with Gasteiger partial charge in [0.15, 0.2) is 5.91 Å². The van der Waals surface area contributed by atoms with E-state index in [1.165, 1.54) is 0 Å². The van der Waals surface area contributed by atoms with Gasteiger partial charge in [0.2, 0.25) is 0 Å². The number of carbonyl (C=O) groups is 1. The first-order valence-corrected chi connectivity index (χ1v) is 7.94. The van der Waals surface area contributed by atoms with Crippen LogP contribution in [0.4, 0.5) is 0 Å². The second kappa shape index (κ2) is 3.70. The van der Waals surface area contributed by atoms with Gasteiger partial charge in [0, 0.05) is 6.92 Å². The maximum absolute atomic E-state index is 10.2. The summed E-state index contributed by atoms with van der Waals surface area (Å²) in [5.41, 5.74) is 0. The predicted molar refractivity (Wildman–Crippen MR) is 39.5 cm³/mol. The topological polar surface area (TPSA) is 29.1 Å². The number of hydrogen-bond acceptors (Lipinski definition) is 1. The van der Waals surface area contributed by atoms with E-state index in [0.29, 0.717) is 0 Å². The van der Waals surface area contributed by atoms with Crippen molar-refractivity contribution in [2.45, 2.75) is 12.7 Å². The molecule has 0 aliphatic rings. The summed E-state index contributed by atoms with van der Waals surface area (Å²) >= 11 is 1.41. The number of nitrogens with one attached hydrogen (secondary N) is 1. The van der Waals surface area contributed by atoms with Gasteiger partial charge in [-0.1, -0.05) is 5.79 Å². The molecular formula is C3H7AlINO. The molecule has 0 aromatic carbocycles. The molecule has 40 valence electrons. The number of hydrogen-bond donors (Lipinski definition) is 1. The van der Waals surface area contributed by atoms with E-state index in [-0.39, 0.29) is 5.91 Å². The van der Waals surface area contributed by atoms with E-state index in [2.05, 4.69) is 30.4 Å². The lowest BCUT2D eigenvalue weighted by Crippen LogP contribution is -2.28. The minimum absolute atomic E-state index is 0.0913. The highest BCUT2D eigenvalue weighted by Gasteiger charge is 2.05. The van der Waals surface area contributed by atoms with Crippen LogP contribution in [0.3, 0.4) is 0 Å². The van der Waals surface area contributed by atoms with Gasteiger partial charge in [-0.05, 0) is 0 Å². The third-order valence-corrected chi connectivity index (χ3v) is 2.14. The Labute approximate surface area is 58.9 Å². The minimum atomic E-state index is -0.858. The molecule has 0 radical (unpaired) electrons. The Hall–Kier alpha value is 0.732. The van der Waals surface area contributed by atoms with E-state index in [1.54, 1.807) is 6.92 Å². The van der Waals surface area contributed by atoms with Gasteiger partial charge < -0.3 is 4.30 Å². The second-order valence-corrected chi connectivity index (χ2v) is 8.44. The first-order chi connectivity index (χ1) is 3.13. The fraction of sp³-hybridized carbons (Fsp3) is 0.667. The lowest BCUT2D eigenvalue weighted by Gasteiger charge is -1.94. The molecule has 0 spiro atoms. The third kappa shape index (κ3) is 6.73. The van der Waals surface area contributed by atoms with Crippen molar-refractivity contribution in [3.63, 3.8) is 0 Å². The maximum atomic E-state index is 10.2. The Kier molecular flexibility index (Phi) is 4.09. The number of rotatable bonds is 1. The van der Waals surface area contributed by atoms with Gasteiger partial charge in [0.25, 0.3) is 0 Å². The van der Waals surface area contributed by atoms with Crippen LogP contribution >= 0.6 is 20.3 Å². The van der Waals surface area contributed by atoms with Gasteiger partial charge in [0.1, 0.15) is 0 Å². The zero-order valence-corrected chi connectivity index (χ0v) is 7.68. The van der Waals surface area contributed by atoms with Crippen LogP contribution < -0.4 is 4.30 Å². The van der Waals surface area contributed by atoms with Crippen molar-refractivity contribution in [3.8, 4) is 0 Å². The van der Waals surface area contributed by atoms with Gasteiger partial charge in [-0.2, -0.15) is 20.3 Å². The minimum Gasteiger partial charge on any atom is -0.438 e. The number of carbonyl (C=O) groups excluding carboxylic acids is 1. The van der Waals surface area contributed by atoms with Crippen molar-refractivity contribution in [2.24, 2.45) is 0 Å². The molecule has 2 nitrogen and oxygen atoms in total. The summed E-state index contributed by atoms with van der Waals surface area (Å²) in [5.74, 6) is 2.15. The average Bonchev–Trinajstić information content (AvgIpc) is 1.27. The number of halogens is 1. The van der Waals surface area contributed by atoms with E-state index in [1.807, 2.05) is 0 Å². The first kappa shape index (κ1) is 7.73. The molecule has 1 amide bonds. The van der Waals surface area contributed by atoms with Gasteiger partial charge in [-0.25, -0.2) is 0 Å². The summed E-state index contributed by atoms with van der Waals surface area (Å²) in [4.78, 5) is 10.2. The molecule has 0 heterocycles. The molecule has 0 saturated carbocycles. The monoisotopic (exact) mass is 227 g/mol. The Balaban J connectivity index is 3.13. The van der Waals surface area contributed by atoms with Crippen molar-refractivity contribution in [2.75, 3.05) is 0 Å². The van der Waals surface area contributed by atoms with E-state index in [9.17, 15) is 4.79 Å². The highest BCUT2D eigenvalue weighted by molar-refractivity contribution is 14.1. The van der Waals surface area contributed by atoms with E-state index < -0.39 is 11.1 Å². The summed E-state index contributed by atoms with van der Waals surface area (Å²) < 4.78 is 2.79. The summed E-state index contributed by atoms with van der Waals surface area (Å²) in [6.07, 6.45) is 0. The van der Waals surface area contributed by atoms with Crippen LogP contribution in [0.1, 0.15) is 6.92 Å². The summed E-state index contributed by atoms with van der Waals surface area (Å²) in [6.45, 7) is 1.54. The Morgan fingerprint density at radius 3 is 2.29 bits per heavy atom. The first-order valence-electron chi connectivity index (χ1n) is 2.04. The van der Waals surface area contributed by atoms with Gasteiger partial charge >= 0.3 is 11.1 Å². The average molecular weight is 227 g/mol. The summed E-state index contributed by atoms with van der Waals surface area (Å²) in [5, 5.41) is 0. The van der Waals surface area contributed by atoms with Gasteiger partial charge in [-0.3, -0.25) is 4.79 Å². The van der Waals surface area contributed by atoms with Crippen LogP contribution in [-0.4, -0.2) is 17.0 Å². The molecule has 4 heteroatoms.